The Kier molecular flexibility index (Phi) is 5.27. The second-order valence-electron chi connectivity index (χ2n) is 5.44. The van der Waals surface area contributed by atoms with Crippen molar-refractivity contribution in [1.82, 2.24) is 4.90 Å². The molecule has 1 saturated heterocycles. The highest BCUT2D eigenvalue weighted by atomic mass is 32.2. The summed E-state index contributed by atoms with van der Waals surface area (Å²) in [4.78, 5) is 26.1. The van der Waals surface area contributed by atoms with Gasteiger partial charge in [-0.3, -0.25) is 14.5 Å². The van der Waals surface area contributed by atoms with Gasteiger partial charge in [0, 0.05) is 11.1 Å². The molecule has 1 aliphatic rings. The number of para-hydroxylation sites is 1. The second kappa shape index (κ2) is 7.61. The summed E-state index contributed by atoms with van der Waals surface area (Å²) in [6.07, 6.45) is 1.58. The normalized spacial score (nSPS) is 15.7. The van der Waals surface area contributed by atoms with E-state index in [0.717, 1.165) is 16.7 Å². The van der Waals surface area contributed by atoms with Crippen molar-refractivity contribution in [1.29, 1.82) is 0 Å². The fourth-order valence-electron chi connectivity index (χ4n) is 2.60. The SMILES string of the molecule is COc1cccc(/C=C2/SC(=O)N(Cc3ccccc3F)C2=O)c1OC. The van der Waals surface area contributed by atoms with Crippen molar-refractivity contribution < 1.29 is 23.5 Å². The van der Waals surface area contributed by atoms with Crippen molar-refractivity contribution >= 4 is 29.0 Å². The number of imide groups is 1. The summed E-state index contributed by atoms with van der Waals surface area (Å²) in [6, 6.07) is 11.3. The third-order valence-corrected chi connectivity index (χ3v) is 4.79. The molecule has 0 radical (unpaired) electrons. The van der Waals surface area contributed by atoms with Gasteiger partial charge in [0.1, 0.15) is 5.82 Å². The summed E-state index contributed by atoms with van der Waals surface area (Å²) < 4.78 is 24.4. The summed E-state index contributed by atoms with van der Waals surface area (Å²) in [7, 11) is 3.02. The molecule has 26 heavy (non-hydrogen) atoms. The lowest BCUT2D eigenvalue weighted by Crippen LogP contribution is -2.27. The van der Waals surface area contributed by atoms with E-state index in [2.05, 4.69) is 0 Å². The van der Waals surface area contributed by atoms with Gasteiger partial charge in [-0.25, -0.2) is 4.39 Å². The number of hydrogen-bond donors (Lipinski definition) is 0. The van der Waals surface area contributed by atoms with Gasteiger partial charge in [-0.2, -0.15) is 0 Å². The van der Waals surface area contributed by atoms with Crippen molar-refractivity contribution in [3.8, 4) is 11.5 Å². The number of benzene rings is 2. The number of nitrogens with zero attached hydrogens (tertiary/aromatic N) is 1. The topological polar surface area (TPSA) is 55.8 Å². The zero-order chi connectivity index (χ0) is 18.7. The quantitative estimate of drug-likeness (QED) is 0.739. The van der Waals surface area contributed by atoms with E-state index in [0.29, 0.717) is 17.1 Å². The first-order chi connectivity index (χ1) is 12.5. The lowest BCUT2D eigenvalue weighted by atomic mass is 10.1. The summed E-state index contributed by atoms with van der Waals surface area (Å²) in [5.41, 5.74) is 0.901. The molecule has 1 aliphatic heterocycles. The molecule has 0 spiro atoms. The molecule has 0 aromatic heterocycles. The Morgan fingerprint density at radius 3 is 2.54 bits per heavy atom. The lowest BCUT2D eigenvalue weighted by molar-refractivity contribution is -0.123. The Morgan fingerprint density at radius 2 is 1.85 bits per heavy atom. The maximum atomic E-state index is 13.8. The zero-order valence-electron chi connectivity index (χ0n) is 14.2. The lowest BCUT2D eigenvalue weighted by Gasteiger charge is -2.13. The molecule has 1 heterocycles. The molecule has 5 nitrogen and oxygen atoms in total. The Hall–Kier alpha value is -2.80. The molecular formula is C19H16FNO4S. The molecule has 0 unspecified atom stereocenters. The first-order valence-electron chi connectivity index (χ1n) is 7.75. The number of thioether (sulfide) groups is 1. The second-order valence-corrected chi connectivity index (χ2v) is 6.44. The maximum Gasteiger partial charge on any atom is 0.293 e. The van der Waals surface area contributed by atoms with E-state index in [1.54, 1.807) is 42.5 Å². The van der Waals surface area contributed by atoms with E-state index in [9.17, 15) is 14.0 Å². The minimum atomic E-state index is -0.465. The minimum Gasteiger partial charge on any atom is -0.493 e. The van der Waals surface area contributed by atoms with E-state index in [1.807, 2.05) is 0 Å². The van der Waals surface area contributed by atoms with Crippen LogP contribution in [0.4, 0.5) is 9.18 Å². The number of halogens is 1. The number of carbonyl (C=O) groups excluding carboxylic acids is 2. The van der Waals surface area contributed by atoms with E-state index in [4.69, 9.17) is 9.47 Å². The van der Waals surface area contributed by atoms with Crippen molar-refractivity contribution in [2.24, 2.45) is 0 Å². The van der Waals surface area contributed by atoms with Crippen LogP contribution < -0.4 is 9.47 Å². The van der Waals surface area contributed by atoms with Crippen LogP contribution in [-0.4, -0.2) is 30.3 Å². The fourth-order valence-corrected chi connectivity index (χ4v) is 3.43. The largest absolute Gasteiger partial charge is 0.493 e. The first-order valence-corrected chi connectivity index (χ1v) is 8.56. The molecule has 0 atom stereocenters. The average molecular weight is 373 g/mol. The standard InChI is InChI=1S/C19H16FNO4S/c1-24-15-9-5-7-12(17(15)25-2)10-16-18(22)21(19(23)26-16)11-13-6-3-4-8-14(13)20/h3-10H,11H2,1-2H3/b16-10+. The van der Waals surface area contributed by atoms with Crippen molar-refractivity contribution in [3.05, 3.63) is 64.3 Å². The van der Waals surface area contributed by atoms with E-state index in [1.165, 1.54) is 20.3 Å². The van der Waals surface area contributed by atoms with Crippen molar-refractivity contribution in [2.75, 3.05) is 14.2 Å². The monoisotopic (exact) mass is 373 g/mol. The smallest absolute Gasteiger partial charge is 0.293 e. The number of ether oxygens (including phenoxy) is 2. The third-order valence-electron chi connectivity index (χ3n) is 3.88. The van der Waals surface area contributed by atoms with Crippen molar-refractivity contribution in [2.45, 2.75) is 6.54 Å². The van der Waals surface area contributed by atoms with Gasteiger partial charge in [0.15, 0.2) is 11.5 Å². The molecule has 2 aromatic carbocycles. The van der Waals surface area contributed by atoms with Crippen LogP contribution in [0.1, 0.15) is 11.1 Å². The van der Waals surface area contributed by atoms with Crippen LogP contribution >= 0.6 is 11.8 Å². The van der Waals surface area contributed by atoms with Crippen LogP contribution in [0.2, 0.25) is 0 Å². The third kappa shape index (κ3) is 3.43. The van der Waals surface area contributed by atoms with Crippen LogP contribution in [0.5, 0.6) is 11.5 Å². The van der Waals surface area contributed by atoms with E-state index < -0.39 is 17.0 Å². The van der Waals surface area contributed by atoms with Gasteiger partial charge in [0.25, 0.3) is 11.1 Å². The summed E-state index contributed by atoms with van der Waals surface area (Å²) in [5.74, 6) is 0.0702. The fraction of sp³-hybridized carbons (Fsp3) is 0.158. The van der Waals surface area contributed by atoms with Gasteiger partial charge in [0.2, 0.25) is 0 Å². The molecule has 3 rings (SSSR count). The molecule has 0 N–H and O–H groups in total. The number of carbonyl (C=O) groups is 2. The maximum absolute atomic E-state index is 13.8. The van der Waals surface area contributed by atoms with Crippen LogP contribution in [0.25, 0.3) is 6.08 Å². The van der Waals surface area contributed by atoms with Crippen LogP contribution in [0.15, 0.2) is 47.4 Å². The average Bonchev–Trinajstić information content (AvgIpc) is 2.90. The molecular weight excluding hydrogens is 357 g/mol. The van der Waals surface area contributed by atoms with Gasteiger partial charge in [0.05, 0.1) is 25.7 Å². The van der Waals surface area contributed by atoms with Gasteiger partial charge in [-0.05, 0) is 30.0 Å². The predicted molar refractivity (Wildman–Crippen MR) is 97.5 cm³/mol. The minimum absolute atomic E-state index is 0.107. The summed E-state index contributed by atoms with van der Waals surface area (Å²) >= 11 is 0.814. The molecule has 1 fully saturated rings. The van der Waals surface area contributed by atoms with E-state index in [-0.39, 0.29) is 17.0 Å². The predicted octanol–water partition coefficient (Wildman–Crippen LogP) is 4.08. The molecule has 0 aliphatic carbocycles. The number of rotatable bonds is 5. The number of methoxy groups -OCH3 is 2. The summed E-state index contributed by atoms with van der Waals surface area (Å²) in [5, 5.41) is -0.439. The Morgan fingerprint density at radius 1 is 1.08 bits per heavy atom. The van der Waals surface area contributed by atoms with Gasteiger partial charge in [-0.1, -0.05) is 30.3 Å². The number of amides is 2. The Labute approximate surface area is 154 Å². The van der Waals surface area contributed by atoms with Gasteiger partial charge >= 0.3 is 0 Å². The molecule has 0 saturated carbocycles. The molecule has 134 valence electrons. The zero-order valence-corrected chi connectivity index (χ0v) is 15.0. The molecule has 0 bridgehead atoms. The van der Waals surface area contributed by atoms with Crippen LogP contribution in [0.3, 0.4) is 0 Å². The Bertz CT molecular complexity index is 897. The van der Waals surface area contributed by atoms with Crippen LogP contribution in [-0.2, 0) is 11.3 Å². The van der Waals surface area contributed by atoms with Gasteiger partial charge < -0.3 is 9.47 Å². The first kappa shape index (κ1) is 18.0. The highest BCUT2D eigenvalue weighted by Crippen LogP contribution is 2.37. The molecule has 2 aromatic rings. The molecule has 7 heteroatoms. The van der Waals surface area contributed by atoms with Gasteiger partial charge in [-0.15, -0.1) is 0 Å². The van der Waals surface area contributed by atoms with E-state index >= 15 is 0 Å². The molecule has 2 amide bonds. The number of hydrogen-bond acceptors (Lipinski definition) is 5. The van der Waals surface area contributed by atoms with Crippen molar-refractivity contribution in [3.63, 3.8) is 0 Å². The Balaban J connectivity index is 1.90. The highest BCUT2D eigenvalue weighted by Gasteiger charge is 2.35. The summed E-state index contributed by atoms with van der Waals surface area (Å²) in [6.45, 7) is -0.107. The van der Waals surface area contributed by atoms with Crippen LogP contribution in [0, 0.1) is 5.82 Å². The highest BCUT2D eigenvalue weighted by molar-refractivity contribution is 8.18.